The lowest BCUT2D eigenvalue weighted by Crippen LogP contribution is -2.26. The molecule has 19 heavy (non-hydrogen) atoms. The lowest BCUT2D eigenvalue weighted by molar-refractivity contribution is 0.603. The summed E-state index contributed by atoms with van der Waals surface area (Å²) in [6, 6.07) is 2.39. The van der Waals surface area contributed by atoms with Crippen molar-refractivity contribution in [2.24, 2.45) is 0 Å². The summed E-state index contributed by atoms with van der Waals surface area (Å²) in [7, 11) is 0. The SMILES string of the molecule is CCn1ccnc(NC2CCCc3sccc32)c1=O. The van der Waals surface area contributed by atoms with Gasteiger partial charge in [0.15, 0.2) is 5.82 Å². The van der Waals surface area contributed by atoms with E-state index in [4.69, 9.17) is 0 Å². The van der Waals surface area contributed by atoms with E-state index in [1.54, 1.807) is 17.0 Å². The minimum Gasteiger partial charge on any atom is -0.359 e. The van der Waals surface area contributed by atoms with Gasteiger partial charge in [-0.2, -0.15) is 0 Å². The quantitative estimate of drug-likeness (QED) is 0.937. The third-order valence-electron chi connectivity index (χ3n) is 3.62. The lowest BCUT2D eigenvalue weighted by Gasteiger charge is -2.24. The Bertz CT molecular complexity index is 632. The minimum absolute atomic E-state index is 0.0349. The van der Waals surface area contributed by atoms with E-state index in [2.05, 4.69) is 21.7 Å². The Morgan fingerprint density at radius 1 is 1.58 bits per heavy atom. The highest BCUT2D eigenvalue weighted by molar-refractivity contribution is 7.10. The Kier molecular flexibility index (Phi) is 3.38. The van der Waals surface area contributed by atoms with Gasteiger partial charge in [0.2, 0.25) is 0 Å². The van der Waals surface area contributed by atoms with Gasteiger partial charge >= 0.3 is 0 Å². The van der Waals surface area contributed by atoms with E-state index >= 15 is 0 Å². The Labute approximate surface area is 116 Å². The molecule has 0 aromatic carbocycles. The Morgan fingerprint density at radius 2 is 2.47 bits per heavy atom. The average Bonchev–Trinajstić information content (AvgIpc) is 2.90. The van der Waals surface area contributed by atoms with Gasteiger partial charge in [-0.15, -0.1) is 11.3 Å². The highest BCUT2D eigenvalue weighted by Crippen LogP contribution is 2.34. The third-order valence-corrected chi connectivity index (χ3v) is 4.61. The van der Waals surface area contributed by atoms with E-state index in [0.717, 1.165) is 12.8 Å². The van der Waals surface area contributed by atoms with Crippen molar-refractivity contribution in [3.05, 3.63) is 44.6 Å². The molecule has 5 heteroatoms. The maximum absolute atomic E-state index is 12.2. The number of anilines is 1. The van der Waals surface area contributed by atoms with Crippen LogP contribution >= 0.6 is 11.3 Å². The van der Waals surface area contributed by atoms with Crippen molar-refractivity contribution in [3.8, 4) is 0 Å². The van der Waals surface area contributed by atoms with Crippen LogP contribution in [0.5, 0.6) is 0 Å². The molecule has 0 bridgehead atoms. The molecular weight excluding hydrogens is 258 g/mol. The summed E-state index contributed by atoms with van der Waals surface area (Å²) in [6.45, 7) is 2.63. The number of aryl methyl sites for hydroxylation is 2. The summed E-state index contributed by atoms with van der Waals surface area (Å²) in [4.78, 5) is 17.8. The van der Waals surface area contributed by atoms with E-state index in [9.17, 15) is 4.79 Å². The van der Waals surface area contributed by atoms with E-state index < -0.39 is 0 Å². The van der Waals surface area contributed by atoms with Gasteiger partial charge in [0.25, 0.3) is 5.56 Å². The molecule has 4 nitrogen and oxygen atoms in total. The van der Waals surface area contributed by atoms with Crippen molar-refractivity contribution in [1.29, 1.82) is 0 Å². The molecule has 0 saturated heterocycles. The first kappa shape index (κ1) is 12.4. The normalized spacial score (nSPS) is 18.1. The number of nitrogens with zero attached hydrogens (tertiary/aromatic N) is 2. The standard InChI is InChI=1S/C14H17N3OS/c1-2-17-8-7-15-13(14(17)18)16-11-4-3-5-12-10(11)6-9-19-12/h6-9,11H,2-5H2,1H3,(H,15,16). The van der Waals surface area contributed by atoms with E-state index in [0.29, 0.717) is 12.4 Å². The molecule has 0 spiro atoms. The predicted octanol–water partition coefficient (Wildman–Crippen LogP) is 2.81. The predicted molar refractivity (Wildman–Crippen MR) is 77.8 cm³/mol. The third kappa shape index (κ3) is 2.30. The Hall–Kier alpha value is -1.62. The van der Waals surface area contributed by atoms with Gasteiger partial charge < -0.3 is 9.88 Å². The van der Waals surface area contributed by atoms with Crippen LogP contribution in [0.3, 0.4) is 0 Å². The number of nitrogens with one attached hydrogen (secondary N) is 1. The zero-order chi connectivity index (χ0) is 13.2. The van der Waals surface area contributed by atoms with E-state index in [1.165, 1.54) is 16.9 Å². The fraction of sp³-hybridized carbons (Fsp3) is 0.429. The monoisotopic (exact) mass is 275 g/mol. The second kappa shape index (κ2) is 5.17. The molecule has 1 N–H and O–H groups in total. The molecular formula is C14H17N3OS. The molecule has 1 unspecified atom stereocenters. The van der Waals surface area contributed by atoms with Gasteiger partial charge in [-0.3, -0.25) is 4.79 Å². The molecule has 1 aliphatic carbocycles. The fourth-order valence-corrected chi connectivity index (χ4v) is 3.58. The molecule has 1 aliphatic rings. The van der Waals surface area contributed by atoms with Crippen molar-refractivity contribution in [1.82, 2.24) is 9.55 Å². The molecule has 0 amide bonds. The van der Waals surface area contributed by atoms with Crippen LogP contribution in [0, 0.1) is 0 Å². The van der Waals surface area contributed by atoms with Crippen molar-refractivity contribution < 1.29 is 0 Å². The summed E-state index contributed by atoms with van der Waals surface area (Å²) in [6.07, 6.45) is 6.80. The fourth-order valence-electron chi connectivity index (χ4n) is 2.60. The van der Waals surface area contributed by atoms with E-state index in [-0.39, 0.29) is 11.6 Å². The summed E-state index contributed by atoms with van der Waals surface area (Å²) in [5.74, 6) is 0.466. The largest absolute Gasteiger partial charge is 0.359 e. The summed E-state index contributed by atoms with van der Waals surface area (Å²) in [5, 5.41) is 5.46. The van der Waals surface area contributed by atoms with Gasteiger partial charge in [0.05, 0.1) is 6.04 Å². The van der Waals surface area contributed by atoms with E-state index in [1.807, 2.05) is 18.3 Å². The maximum Gasteiger partial charge on any atom is 0.293 e. The molecule has 2 aromatic heterocycles. The van der Waals surface area contributed by atoms with Crippen molar-refractivity contribution in [2.75, 3.05) is 5.32 Å². The van der Waals surface area contributed by atoms with Gasteiger partial charge in [0, 0.05) is 23.8 Å². The Morgan fingerprint density at radius 3 is 3.32 bits per heavy atom. The van der Waals surface area contributed by atoms with Crippen LogP contribution in [0.25, 0.3) is 0 Å². The summed E-state index contributed by atoms with van der Waals surface area (Å²) in [5.41, 5.74) is 1.30. The number of aromatic nitrogens is 2. The highest BCUT2D eigenvalue weighted by Gasteiger charge is 2.22. The van der Waals surface area contributed by atoms with Gasteiger partial charge in [-0.25, -0.2) is 4.98 Å². The molecule has 2 heterocycles. The van der Waals surface area contributed by atoms with Gasteiger partial charge in [-0.1, -0.05) is 0 Å². The molecule has 0 radical (unpaired) electrons. The van der Waals surface area contributed by atoms with Crippen molar-refractivity contribution >= 4 is 17.2 Å². The van der Waals surface area contributed by atoms with Crippen LogP contribution in [0.1, 0.15) is 36.2 Å². The number of fused-ring (bicyclic) bond motifs is 1. The van der Waals surface area contributed by atoms with Crippen LogP contribution in [-0.2, 0) is 13.0 Å². The van der Waals surface area contributed by atoms with Gasteiger partial charge in [0.1, 0.15) is 0 Å². The average molecular weight is 275 g/mol. The van der Waals surface area contributed by atoms with Gasteiger partial charge in [-0.05, 0) is 43.2 Å². The molecule has 0 fully saturated rings. The molecule has 1 atom stereocenters. The second-order valence-electron chi connectivity index (χ2n) is 4.76. The topological polar surface area (TPSA) is 46.9 Å². The molecule has 0 aliphatic heterocycles. The highest BCUT2D eigenvalue weighted by atomic mass is 32.1. The van der Waals surface area contributed by atoms with Crippen LogP contribution in [0.15, 0.2) is 28.6 Å². The number of hydrogen-bond acceptors (Lipinski definition) is 4. The zero-order valence-electron chi connectivity index (χ0n) is 10.9. The lowest BCUT2D eigenvalue weighted by atomic mass is 9.94. The molecule has 0 saturated carbocycles. The first-order chi connectivity index (χ1) is 9.29. The smallest absolute Gasteiger partial charge is 0.293 e. The number of rotatable bonds is 3. The zero-order valence-corrected chi connectivity index (χ0v) is 11.7. The second-order valence-corrected chi connectivity index (χ2v) is 5.76. The molecule has 2 aromatic rings. The summed E-state index contributed by atoms with van der Waals surface area (Å²) < 4.78 is 1.67. The first-order valence-electron chi connectivity index (χ1n) is 6.68. The number of hydrogen-bond donors (Lipinski definition) is 1. The Balaban J connectivity index is 1.90. The minimum atomic E-state index is -0.0349. The van der Waals surface area contributed by atoms with Crippen LogP contribution < -0.4 is 10.9 Å². The van der Waals surface area contributed by atoms with Crippen LogP contribution in [0.2, 0.25) is 0 Å². The summed E-state index contributed by atoms with van der Waals surface area (Å²) >= 11 is 1.81. The van der Waals surface area contributed by atoms with Crippen molar-refractivity contribution in [2.45, 2.75) is 38.8 Å². The van der Waals surface area contributed by atoms with Crippen LogP contribution in [0.4, 0.5) is 5.82 Å². The molecule has 3 rings (SSSR count). The van der Waals surface area contributed by atoms with Crippen molar-refractivity contribution in [3.63, 3.8) is 0 Å². The first-order valence-corrected chi connectivity index (χ1v) is 7.56. The number of thiophene rings is 1. The molecule has 100 valence electrons. The maximum atomic E-state index is 12.2. The van der Waals surface area contributed by atoms with Crippen LogP contribution in [-0.4, -0.2) is 9.55 Å².